The van der Waals surface area contributed by atoms with Crippen molar-refractivity contribution in [3.8, 4) is 0 Å². The standard InChI is InChI=1S/C15H12N2O5/c18-13-11-8(16-10-4-2-1-3-7-17(10)13)5-6-9-12(11)22-15(20)14(19)21-9/h5-6H,1-4,7H2. The molecule has 0 atom stereocenters. The Kier molecular flexibility index (Phi) is 2.75. The molecule has 4 rings (SSSR count). The minimum absolute atomic E-state index is 0.0147. The predicted molar refractivity (Wildman–Crippen MR) is 78.1 cm³/mol. The smallest absolute Gasteiger partial charge is 0.414 e. The van der Waals surface area contributed by atoms with Crippen LogP contribution >= 0.6 is 0 Å². The summed E-state index contributed by atoms with van der Waals surface area (Å²) < 4.78 is 11.5. The first-order valence-electron chi connectivity index (χ1n) is 7.15. The molecular weight excluding hydrogens is 288 g/mol. The minimum atomic E-state index is -1.13. The minimum Gasteiger partial charge on any atom is -0.414 e. The first-order chi connectivity index (χ1) is 10.6. The maximum Gasteiger partial charge on any atom is 0.423 e. The third-order valence-electron chi connectivity index (χ3n) is 3.97. The number of nitrogens with zero attached hydrogens (tertiary/aromatic N) is 2. The first kappa shape index (κ1) is 13.0. The molecule has 0 N–H and O–H groups in total. The van der Waals surface area contributed by atoms with Gasteiger partial charge in [0.2, 0.25) is 0 Å². The Balaban J connectivity index is 2.20. The Morgan fingerprint density at radius 2 is 1.82 bits per heavy atom. The highest BCUT2D eigenvalue weighted by atomic mass is 16.5. The molecule has 0 amide bonds. The zero-order valence-corrected chi connectivity index (χ0v) is 11.6. The third-order valence-corrected chi connectivity index (χ3v) is 3.97. The molecule has 0 radical (unpaired) electrons. The van der Waals surface area contributed by atoms with Crippen LogP contribution < -0.4 is 16.8 Å². The van der Waals surface area contributed by atoms with Crippen LogP contribution in [-0.2, 0) is 13.0 Å². The second kappa shape index (κ2) is 4.66. The lowest BCUT2D eigenvalue weighted by atomic mass is 10.2. The SMILES string of the molecule is O=c1oc2ccc3nc4n(c(=O)c3c2oc1=O)CCCCC4. The molecule has 3 aromatic rings. The van der Waals surface area contributed by atoms with E-state index in [9.17, 15) is 14.4 Å². The van der Waals surface area contributed by atoms with Gasteiger partial charge in [0.05, 0.1) is 5.52 Å². The average Bonchev–Trinajstić information content (AvgIpc) is 2.74. The lowest BCUT2D eigenvalue weighted by Gasteiger charge is -2.10. The van der Waals surface area contributed by atoms with Gasteiger partial charge in [-0.15, -0.1) is 0 Å². The van der Waals surface area contributed by atoms with Crippen molar-refractivity contribution in [2.24, 2.45) is 0 Å². The molecule has 1 aliphatic rings. The number of aryl methyl sites for hydroxylation is 1. The molecule has 7 heteroatoms. The van der Waals surface area contributed by atoms with Crippen molar-refractivity contribution in [3.63, 3.8) is 0 Å². The lowest BCUT2D eigenvalue weighted by molar-refractivity contribution is 0.450. The van der Waals surface area contributed by atoms with Gasteiger partial charge in [-0.3, -0.25) is 9.36 Å². The number of benzene rings is 1. The Labute approximate surface area is 122 Å². The second-order valence-corrected chi connectivity index (χ2v) is 5.36. The summed E-state index contributed by atoms with van der Waals surface area (Å²) in [5.74, 6) is 0.745. The molecule has 22 heavy (non-hydrogen) atoms. The maximum atomic E-state index is 12.8. The maximum absolute atomic E-state index is 12.8. The van der Waals surface area contributed by atoms with E-state index in [1.165, 1.54) is 6.07 Å². The zero-order valence-electron chi connectivity index (χ0n) is 11.6. The van der Waals surface area contributed by atoms with E-state index in [0.29, 0.717) is 12.1 Å². The van der Waals surface area contributed by atoms with Crippen LogP contribution in [0.2, 0.25) is 0 Å². The van der Waals surface area contributed by atoms with Crippen LogP contribution in [-0.4, -0.2) is 9.55 Å². The Bertz CT molecular complexity index is 1070. The molecule has 3 heterocycles. The van der Waals surface area contributed by atoms with E-state index in [-0.39, 0.29) is 22.1 Å². The second-order valence-electron chi connectivity index (χ2n) is 5.36. The summed E-state index contributed by atoms with van der Waals surface area (Å²) in [4.78, 5) is 40.0. The van der Waals surface area contributed by atoms with Gasteiger partial charge in [-0.25, -0.2) is 14.6 Å². The molecule has 0 saturated heterocycles. The fourth-order valence-corrected chi connectivity index (χ4v) is 2.91. The summed E-state index contributed by atoms with van der Waals surface area (Å²) in [6, 6.07) is 3.09. The molecule has 0 fully saturated rings. The van der Waals surface area contributed by atoms with E-state index in [0.717, 1.165) is 31.5 Å². The quantitative estimate of drug-likeness (QED) is 0.457. The van der Waals surface area contributed by atoms with Crippen molar-refractivity contribution >= 4 is 22.1 Å². The van der Waals surface area contributed by atoms with Crippen molar-refractivity contribution in [3.05, 3.63) is 49.2 Å². The monoisotopic (exact) mass is 300 g/mol. The molecule has 7 nitrogen and oxygen atoms in total. The molecule has 0 spiro atoms. The van der Waals surface area contributed by atoms with Gasteiger partial charge < -0.3 is 8.83 Å². The Morgan fingerprint density at radius 3 is 2.68 bits per heavy atom. The van der Waals surface area contributed by atoms with Gasteiger partial charge in [0.25, 0.3) is 5.56 Å². The Morgan fingerprint density at radius 1 is 1.00 bits per heavy atom. The van der Waals surface area contributed by atoms with Crippen molar-refractivity contribution < 1.29 is 8.83 Å². The van der Waals surface area contributed by atoms with Gasteiger partial charge in [-0.1, -0.05) is 6.42 Å². The van der Waals surface area contributed by atoms with Crippen molar-refractivity contribution in [2.45, 2.75) is 32.2 Å². The van der Waals surface area contributed by atoms with Crippen molar-refractivity contribution in [1.82, 2.24) is 9.55 Å². The summed E-state index contributed by atoms with van der Waals surface area (Å²) in [6.45, 7) is 0.592. The molecule has 0 aliphatic carbocycles. The molecule has 0 bridgehead atoms. The highest BCUT2D eigenvalue weighted by Crippen LogP contribution is 2.21. The molecule has 2 aromatic heterocycles. The van der Waals surface area contributed by atoms with E-state index in [4.69, 9.17) is 8.83 Å². The highest BCUT2D eigenvalue weighted by molar-refractivity contribution is 5.99. The summed E-state index contributed by atoms with van der Waals surface area (Å²) in [5.41, 5.74) is -1.97. The molecule has 112 valence electrons. The molecule has 1 aromatic carbocycles. The van der Waals surface area contributed by atoms with Gasteiger partial charge >= 0.3 is 11.3 Å². The zero-order chi connectivity index (χ0) is 15.3. The predicted octanol–water partition coefficient (Wildman–Crippen LogP) is 1.18. The van der Waals surface area contributed by atoms with E-state index in [1.54, 1.807) is 10.6 Å². The number of hydrogen-bond acceptors (Lipinski definition) is 6. The van der Waals surface area contributed by atoms with Crippen LogP contribution in [0.4, 0.5) is 0 Å². The van der Waals surface area contributed by atoms with Crippen LogP contribution in [0.5, 0.6) is 0 Å². The van der Waals surface area contributed by atoms with Crippen LogP contribution in [0.1, 0.15) is 25.1 Å². The normalized spacial score (nSPS) is 14.9. The third kappa shape index (κ3) is 1.82. The summed E-state index contributed by atoms with van der Waals surface area (Å²) in [6.07, 6.45) is 3.69. The fourth-order valence-electron chi connectivity index (χ4n) is 2.91. The van der Waals surface area contributed by atoms with E-state index >= 15 is 0 Å². The Hall–Kier alpha value is -2.70. The summed E-state index contributed by atoms with van der Waals surface area (Å²) in [5, 5.41) is 0.184. The summed E-state index contributed by atoms with van der Waals surface area (Å²) >= 11 is 0. The molecule has 1 aliphatic heterocycles. The average molecular weight is 300 g/mol. The van der Waals surface area contributed by atoms with Crippen LogP contribution in [0.25, 0.3) is 22.1 Å². The largest absolute Gasteiger partial charge is 0.423 e. The van der Waals surface area contributed by atoms with E-state index < -0.39 is 11.3 Å². The number of hydrogen-bond donors (Lipinski definition) is 0. The van der Waals surface area contributed by atoms with Gasteiger partial charge in [0, 0.05) is 13.0 Å². The van der Waals surface area contributed by atoms with Gasteiger partial charge in [0.15, 0.2) is 11.2 Å². The van der Waals surface area contributed by atoms with Gasteiger partial charge in [0.1, 0.15) is 11.2 Å². The van der Waals surface area contributed by atoms with Crippen molar-refractivity contribution in [2.75, 3.05) is 0 Å². The lowest BCUT2D eigenvalue weighted by Crippen LogP contribution is -2.26. The molecule has 0 saturated carbocycles. The van der Waals surface area contributed by atoms with Gasteiger partial charge in [-0.2, -0.15) is 0 Å². The van der Waals surface area contributed by atoms with E-state index in [2.05, 4.69) is 4.98 Å². The number of aromatic nitrogens is 2. The first-order valence-corrected chi connectivity index (χ1v) is 7.15. The van der Waals surface area contributed by atoms with Crippen LogP contribution in [0.3, 0.4) is 0 Å². The topological polar surface area (TPSA) is 95.3 Å². The highest BCUT2D eigenvalue weighted by Gasteiger charge is 2.18. The number of fused-ring (bicyclic) bond motifs is 4. The van der Waals surface area contributed by atoms with Gasteiger partial charge in [-0.05, 0) is 25.0 Å². The molecule has 0 unspecified atom stereocenters. The summed E-state index contributed by atoms with van der Waals surface area (Å²) in [7, 11) is 0. The van der Waals surface area contributed by atoms with Crippen molar-refractivity contribution in [1.29, 1.82) is 0 Å². The molecular formula is C15H12N2O5. The fraction of sp³-hybridized carbons (Fsp3) is 0.333. The van der Waals surface area contributed by atoms with Crippen LogP contribution in [0.15, 0.2) is 35.4 Å². The van der Waals surface area contributed by atoms with E-state index in [1.807, 2.05) is 0 Å². The van der Waals surface area contributed by atoms with Crippen LogP contribution in [0, 0.1) is 0 Å². The number of rotatable bonds is 0.